The van der Waals surface area contributed by atoms with Crippen molar-refractivity contribution in [3.8, 4) is 56.4 Å². The van der Waals surface area contributed by atoms with Gasteiger partial charge in [-0.15, -0.1) is 0 Å². The Morgan fingerprint density at radius 3 is 1.46 bits per heavy atom. The van der Waals surface area contributed by atoms with E-state index in [1.165, 1.54) is 62.2 Å². The van der Waals surface area contributed by atoms with Crippen LogP contribution in [0, 0.1) is 0 Å². The maximum atomic E-state index is 5.07. The van der Waals surface area contributed by atoms with Crippen molar-refractivity contribution in [2.24, 2.45) is 0 Å². The van der Waals surface area contributed by atoms with E-state index < -0.39 is 0 Å². The van der Waals surface area contributed by atoms with Crippen LogP contribution in [0.15, 0.2) is 152 Å². The predicted octanol–water partition coefficient (Wildman–Crippen LogP) is 12.9. The lowest BCUT2D eigenvalue weighted by atomic mass is 9.63. The average molecular weight is 672 g/mol. The van der Waals surface area contributed by atoms with Crippen molar-refractivity contribution in [3.63, 3.8) is 0 Å². The summed E-state index contributed by atoms with van der Waals surface area (Å²) in [6.45, 7) is 9.53. The Morgan fingerprint density at radius 2 is 0.827 bits per heavy atom. The second-order valence-electron chi connectivity index (χ2n) is 15.5. The van der Waals surface area contributed by atoms with E-state index in [-0.39, 0.29) is 10.8 Å². The Bertz CT molecular complexity index is 2600. The molecule has 0 saturated carbocycles. The molecule has 3 heteroatoms. The molecule has 3 nitrogen and oxygen atoms in total. The van der Waals surface area contributed by atoms with Crippen LogP contribution >= 0.6 is 0 Å². The minimum Gasteiger partial charge on any atom is -0.208 e. The van der Waals surface area contributed by atoms with Gasteiger partial charge in [-0.2, -0.15) is 0 Å². The average Bonchev–Trinajstić information content (AvgIpc) is 3.19. The number of hydrogen-bond acceptors (Lipinski definition) is 3. The first kappa shape index (κ1) is 32.0. The molecule has 0 spiro atoms. The van der Waals surface area contributed by atoms with Crippen molar-refractivity contribution in [1.82, 2.24) is 15.0 Å². The molecule has 0 N–H and O–H groups in total. The van der Waals surface area contributed by atoms with E-state index in [4.69, 9.17) is 15.0 Å². The van der Waals surface area contributed by atoms with Gasteiger partial charge in [0, 0.05) is 16.7 Å². The molecular formula is C49H41N3. The smallest absolute Gasteiger partial charge is 0.164 e. The third-order valence-corrected chi connectivity index (χ3v) is 11.2. The van der Waals surface area contributed by atoms with Gasteiger partial charge in [-0.1, -0.05) is 173 Å². The molecule has 7 aromatic carbocycles. The molecule has 0 amide bonds. The van der Waals surface area contributed by atoms with Gasteiger partial charge in [0.2, 0.25) is 0 Å². The van der Waals surface area contributed by atoms with Gasteiger partial charge in [0.15, 0.2) is 17.5 Å². The summed E-state index contributed by atoms with van der Waals surface area (Å²) in [5.41, 5.74) is 11.0. The van der Waals surface area contributed by atoms with Crippen LogP contribution in [0.1, 0.15) is 51.7 Å². The van der Waals surface area contributed by atoms with Crippen LogP contribution < -0.4 is 0 Å². The normalized spacial score (nSPS) is 14.7. The molecule has 252 valence electrons. The van der Waals surface area contributed by atoms with Crippen molar-refractivity contribution < 1.29 is 0 Å². The van der Waals surface area contributed by atoms with E-state index in [1.54, 1.807) is 0 Å². The van der Waals surface area contributed by atoms with Gasteiger partial charge in [-0.3, -0.25) is 0 Å². The van der Waals surface area contributed by atoms with Crippen molar-refractivity contribution in [2.45, 2.75) is 51.4 Å². The predicted molar refractivity (Wildman–Crippen MR) is 217 cm³/mol. The fourth-order valence-corrected chi connectivity index (χ4v) is 8.02. The molecule has 0 fully saturated rings. The Balaban J connectivity index is 1.09. The van der Waals surface area contributed by atoms with Crippen LogP contribution in [0.2, 0.25) is 0 Å². The van der Waals surface area contributed by atoms with Crippen LogP contribution in [0.25, 0.3) is 78.0 Å². The number of nitrogens with zero attached hydrogens (tertiary/aromatic N) is 3. The molecule has 1 aliphatic rings. The molecule has 1 heterocycles. The molecule has 0 bridgehead atoms. The summed E-state index contributed by atoms with van der Waals surface area (Å²) in [4.78, 5) is 15.1. The lowest BCUT2D eigenvalue weighted by molar-refractivity contribution is 0.332. The molecule has 0 radical (unpaired) electrons. The first-order valence-electron chi connectivity index (χ1n) is 18.3. The summed E-state index contributed by atoms with van der Waals surface area (Å²) in [5.74, 6) is 1.98. The van der Waals surface area contributed by atoms with Gasteiger partial charge in [-0.25, -0.2) is 15.0 Å². The van der Waals surface area contributed by atoms with Gasteiger partial charge in [-0.05, 0) is 84.7 Å². The zero-order valence-corrected chi connectivity index (χ0v) is 30.2. The van der Waals surface area contributed by atoms with E-state index >= 15 is 0 Å². The van der Waals surface area contributed by atoms with Gasteiger partial charge in [0.05, 0.1) is 0 Å². The third-order valence-electron chi connectivity index (χ3n) is 11.2. The van der Waals surface area contributed by atoms with E-state index in [9.17, 15) is 0 Å². The van der Waals surface area contributed by atoms with Crippen molar-refractivity contribution in [3.05, 3.63) is 163 Å². The highest BCUT2D eigenvalue weighted by Crippen LogP contribution is 2.47. The van der Waals surface area contributed by atoms with Gasteiger partial charge in [0.1, 0.15) is 0 Å². The Kier molecular flexibility index (Phi) is 7.62. The highest BCUT2D eigenvalue weighted by atomic mass is 15.0. The quantitative estimate of drug-likeness (QED) is 0.171. The third kappa shape index (κ3) is 5.67. The van der Waals surface area contributed by atoms with E-state index in [0.29, 0.717) is 17.5 Å². The van der Waals surface area contributed by atoms with E-state index in [2.05, 4.69) is 161 Å². The van der Waals surface area contributed by atoms with E-state index in [1.807, 2.05) is 18.2 Å². The summed E-state index contributed by atoms with van der Waals surface area (Å²) in [7, 11) is 0. The number of benzene rings is 7. The van der Waals surface area contributed by atoms with Gasteiger partial charge >= 0.3 is 0 Å². The van der Waals surface area contributed by atoms with Gasteiger partial charge < -0.3 is 0 Å². The van der Waals surface area contributed by atoms with Crippen molar-refractivity contribution in [1.29, 1.82) is 0 Å². The minimum absolute atomic E-state index is 0.164. The monoisotopic (exact) mass is 671 g/mol. The maximum Gasteiger partial charge on any atom is 0.164 e. The highest BCUT2D eigenvalue weighted by molar-refractivity contribution is 6.13. The summed E-state index contributed by atoms with van der Waals surface area (Å²) >= 11 is 0. The highest BCUT2D eigenvalue weighted by Gasteiger charge is 2.37. The largest absolute Gasteiger partial charge is 0.208 e. The second kappa shape index (κ2) is 12.4. The summed E-state index contributed by atoms with van der Waals surface area (Å²) in [5, 5.41) is 5.02. The first-order valence-corrected chi connectivity index (χ1v) is 18.3. The lowest BCUT2D eigenvalue weighted by Crippen LogP contribution is -2.33. The topological polar surface area (TPSA) is 38.7 Å². The Hall–Kier alpha value is -5.93. The first-order chi connectivity index (χ1) is 25.2. The fraction of sp³-hybridized carbons (Fsp3) is 0.163. The van der Waals surface area contributed by atoms with Crippen molar-refractivity contribution >= 4 is 21.5 Å². The minimum atomic E-state index is 0.164. The SMILES string of the molecule is CC1(C)CCC(C)(C)c2cc(-c3ccc(-c4nc(-c5ccccc5)nc(-c5ccc(-c6cc7ccccc7c7ccccc67)cc5)n4)cc3)ccc21. The molecule has 0 aliphatic heterocycles. The maximum absolute atomic E-state index is 5.07. The molecule has 1 aromatic heterocycles. The number of aromatic nitrogens is 3. The number of rotatable bonds is 5. The molecule has 1 aliphatic carbocycles. The van der Waals surface area contributed by atoms with Crippen LogP contribution in [-0.4, -0.2) is 15.0 Å². The summed E-state index contributed by atoms with van der Waals surface area (Å²) in [6.07, 6.45) is 2.41. The van der Waals surface area contributed by atoms with Crippen molar-refractivity contribution in [2.75, 3.05) is 0 Å². The van der Waals surface area contributed by atoms with Crippen LogP contribution in [0.5, 0.6) is 0 Å². The molecule has 0 unspecified atom stereocenters. The molecule has 0 saturated heterocycles. The molecule has 9 rings (SSSR count). The van der Waals surface area contributed by atoms with E-state index in [0.717, 1.165) is 22.3 Å². The summed E-state index contributed by atoms with van der Waals surface area (Å²) < 4.78 is 0. The molecule has 0 atom stereocenters. The van der Waals surface area contributed by atoms with Crippen LogP contribution in [0.3, 0.4) is 0 Å². The fourth-order valence-electron chi connectivity index (χ4n) is 8.02. The number of hydrogen-bond donors (Lipinski definition) is 0. The molecular weight excluding hydrogens is 631 g/mol. The Morgan fingerprint density at radius 1 is 0.365 bits per heavy atom. The second-order valence-corrected chi connectivity index (χ2v) is 15.5. The lowest BCUT2D eigenvalue weighted by Gasteiger charge is -2.42. The zero-order valence-electron chi connectivity index (χ0n) is 30.2. The van der Waals surface area contributed by atoms with Crippen LogP contribution in [0.4, 0.5) is 0 Å². The Labute approximate surface area is 306 Å². The zero-order chi connectivity index (χ0) is 35.5. The summed E-state index contributed by atoms with van der Waals surface area (Å²) in [6, 6.07) is 54.2. The molecule has 52 heavy (non-hydrogen) atoms. The van der Waals surface area contributed by atoms with Crippen LogP contribution in [-0.2, 0) is 10.8 Å². The standard InChI is InChI=1S/C49H41N3/c1-48(2)28-29-49(3,4)44-31-37(26-27-43(44)48)32-18-22-35(23-19-32)46-50-45(34-12-6-5-7-13-34)51-47(52-46)36-24-20-33(21-25-36)42-30-38-14-8-9-15-39(38)40-16-10-11-17-41(40)42/h5-27,30-31H,28-29H2,1-4H3. The van der Waals surface area contributed by atoms with Gasteiger partial charge in [0.25, 0.3) is 0 Å². The molecule has 8 aromatic rings. The number of fused-ring (bicyclic) bond motifs is 4.